The predicted molar refractivity (Wildman–Crippen MR) is 75.3 cm³/mol. The molecule has 21 heavy (non-hydrogen) atoms. The minimum absolute atomic E-state index is 0.0396. The Morgan fingerprint density at radius 1 is 1.43 bits per heavy atom. The minimum atomic E-state index is -4.03. The third-order valence-electron chi connectivity index (χ3n) is 2.66. The van der Waals surface area contributed by atoms with E-state index in [2.05, 4.69) is 35.8 Å². The zero-order valence-corrected chi connectivity index (χ0v) is 13.1. The molecule has 0 aliphatic heterocycles. The molecular formula is C11H12BrFN4O3S. The molecule has 0 bridgehead atoms. The number of H-pyrrole nitrogens is 1. The molecule has 0 aliphatic rings. The van der Waals surface area contributed by atoms with Crippen molar-refractivity contribution < 1.29 is 17.9 Å². The van der Waals surface area contributed by atoms with E-state index in [1.165, 1.54) is 12.4 Å². The normalized spacial score (nSPS) is 11.8. The number of nitrogens with one attached hydrogen (secondary N) is 2. The van der Waals surface area contributed by atoms with E-state index in [0.717, 1.165) is 6.07 Å². The average molecular weight is 379 g/mol. The van der Waals surface area contributed by atoms with Gasteiger partial charge in [-0.25, -0.2) is 22.5 Å². The molecule has 2 aromatic rings. The van der Waals surface area contributed by atoms with Gasteiger partial charge in [-0.2, -0.15) is 5.10 Å². The zero-order chi connectivity index (χ0) is 15.5. The summed E-state index contributed by atoms with van der Waals surface area (Å²) in [4.78, 5) is 3.34. The number of benzene rings is 1. The molecule has 1 heterocycles. The lowest BCUT2D eigenvalue weighted by molar-refractivity contribution is 0.274. The number of aliphatic hydroxyl groups is 1. The number of sulfonamides is 1. The highest BCUT2D eigenvalue weighted by molar-refractivity contribution is 9.10. The van der Waals surface area contributed by atoms with Crippen LogP contribution in [0, 0.1) is 5.82 Å². The highest BCUT2D eigenvalue weighted by Crippen LogP contribution is 2.24. The maximum absolute atomic E-state index is 14.0. The minimum Gasteiger partial charge on any atom is -0.392 e. The summed E-state index contributed by atoms with van der Waals surface area (Å²) in [5.41, 5.74) is -0.0972. The SMILES string of the molecule is O=S(=O)(NCCc1ncn[nH]1)c1cc(Br)cc(CO)c1F. The third-order valence-corrected chi connectivity index (χ3v) is 4.58. The maximum atomic E-state index is 14.0. The predicted octanol–water partition coefficient (Wildman–Crippen LogP) is 0.720. The van der Waals surface area contributed by atoms with Crippen LogP contribution in [0.4, 0.5) is 4.39 Å². The van der Waals surface area contributed by atoms with Gasteiger partial charge >= 0.3 is 0 Å². The largest absolute Gasteiger partial charge is 0.392 e. The fourth-order valence-electron chi connectivity index (χ4n) is 1.66. The van der Waals surface area contributed by atoms with Gasteiger partial charge in [-0.15, -0.1) is 0 Å². The summed E-state index contributed by atoms with van der Waals surface area (Å²) in [5, 5.41) is 15.3. The molecule has 0 saturated heterocycles. The van der Waals surface area contributed by atoms with Gasteiger partial charge in [-0.05, 0) is 12.1 Å². The number of nitrogens with zero attached hydrogens (tertiary/aromatic N) is 2. The molecule has 2 rings (SSSR count). The molecule has 1 aromatic carbocycles. The van der Waals surface area contributed by atoms with Crippen molar-refractivity contribution in [1.29, 1.82) is 0 Å². The summed E-state index contributed by atoms with van der Waals surface area (Å²) in [7, 11) is -4.03. The van der Waals surface area contributed by atoms with Gasteiger partial charge in [0, 0.05) is 23.0 Å². The van der Waals surface area contributed by atoms with Crippen molar-refractivity contribution >= 4 is 26.0 Å². The van der Waals surface area contributed by atoms with Crippen molar-refractivity contribution in [3.8, 4) is 0 Å². The molecule has 0 fully saturated rings. The summed E-state index contributed by atoms with van der Waals surface area (Å²) in [5.74, 6) is -0.448. The summed E-state index contributed by atoms with van der Waals surface area (Å²) in [6, 6.07) is 2.47. The maximum Gasteiger partial charge on any atom is 0.243 e. The van der Waals surface area contributed by atoms with Gasteiger partial charge in [0.15, 0.2) is 0 Å². The average Bonchev–Trinajstić information content (AvgIpc) is 2.93. The van der Waals surface area contributed by atoms with Crippen LogP contribution < -0.4 is 4.72 Å². The Morgan fingerprint density at radius 3 is 2.81 bits per heavy atom. The fraction of sp³-hybridized carbons (Fsp3) is 0.273. The van der Waals surface area contributed by atoms with Gasteiger partial charge in [0.2, 0.25) is 10.0 Å². The van der Waals surface area contributed by atoms with Gasteiger partial charge in [0.25, 0.3) is 0 Å². The van der Waals surface area contributed by atoms with Crippen LogP contribution in [-0.4, -0.2) is 35.3 Å². The Bertz CT molecular complexity index is 721. The first-order valence-electron chi connectivity index (χ1n) is 5.86. The highest BCUT2D eigenvalue weighted by Gasteiger charge is 2.22. The van der Waals surface area contributed by atoms with Gasteiger partial charge in [-0.1, -0.05) is 15.9 Å². The lowest BCUT2D eigenvalue weighted by Crippen LogP contribution is -2.27. The molecule has 0 amide bonds. The molecule has 1 aromatic heterocycles. The number of aliphatic hydroxyl groups excluding tert-OH is 1. The lowest BCUT2D eigenvalue weighted by Gasteiger charge is -2.10. The Balaban J connectivity index is 2.17. The molecule has 0 unspecified atom stereocenters. The molecule has 0 radical (unpaired) electrons. The number of hydrogen-bond acceptors (Lipinski definition) is 5. The first kappa shape index (κ1) is 16.0. The van der Waals surface area contributed by atoms with Crippen LogP contribution >= 0.6 is 15.9 Å². The van der Waals surface area contributed by atoms with Crippen molar-refractivity contribution in [2.45, 2.75) is 17.9 Å². The molecule has 0 saturated carbocycles. The van der Waals surface area contributed by atoms with Crippen LogP contribution in [0.3, 0.4) is 0 Å². The Hall–Kier alpha value is -1.36. The van der Waals surface area contributed by atoms with Crippen molar-refractivity contribution in [1.82, 2.24) is 19.9 Å². The Labute approximate surface area is 128 Å². The van der Waals surface area contributed by atoms with Crippen LogP contribution in [0.2, 0.25) is 0 Å². The number of aromatic amines is 1. The summed E-state index contributed by atoms with van der Waals surface area (Å²) < 4.78 is 40.9. The standard InChI is InChI=1S/C11H12BrFN4O3S/c12-8-3-7(5-18)11(13)9(4-8)21(19,20)16-2-1-10-14-6-15-17-10/h3-4,6,16,18H,1-2,5H2,(H,14,15,17). The second-order valence-electron chi connectivity index (χ2n) is 4.12. The molecule has 7 nitrogen and oxygen atoms in total. The summed E-state index contributed by atoms with van der Waals surface area (Å²) in [6.45, 7) is -0.552. The molecule has 10 heteroatoms. The number of aromatic nitrogens is 3. The second-order valence-corrected chi connectivity index (χ2v) is 6.77. The van der Waals surface area contributed by atoms with Crippen LogP contribution in [0.5, 0.6) is 0 Å². The molecule has 0 atom stereocenters. The van der Waals surface area contributed by atoms with Crippen LogP contribution in [0.25, 0.3) is 0 Å². The number of hydrogen-bond donors (Lipinski definition) is 3. The highest BCUT2D eigenvalue weighted by atomic mass is 79.9. The van der Waals surface area contributed by atoms with Gasteiger partial charge < -0.3 is 5.11 Å². The molecule has 114 valence electrons. The van der Waals surface area contributed by atoms with Crippen molar-refractivity contribution in [3.63, 3.8) is 0 Å². The van der Waals surface area contributed by atoms with E-state index in [-0.39, 0.29) is 12.1 Å². The Kier molecular flexibility index (Phi) is 5.04. The monoisotopic (exact) mass is 378 g/mol. The first-order chi connectivity index (χ1) is 9.94. The van der Waals surface area contributed by atoms with Crippen LogP contribution in [0.1, 0.15) is 11.4 Å². The van der Waals surface area contributed by atoms with E-state index in [0.29, 0.717) is 16.7 Å². The van der Waals surface area contributed by atoms with Crippen molar-refractivity contribution in [2.24, 2.45) is 0 Å². The van der Waals surface area contributed by atoms with E-state index in [4.69, 9.17) is 5.11 Å². The molecular weight excluding hydrogens is 367 g/mol. The van der Waals surface area contributed by atoms with Gasteiger partial charge in [-0.3, -0.25) is 5.10 Å². The molecule has 0 spiro atoms. The topological polar surface area (TPSA) is 108 Å². The Morgan fingerprint density at radius 2 is 2.19 bits per heavy atom. The first-order valence-corrected chi connectivity index (χ1v) is 8.14. The van der Waals surface area contributed by atoms with E-state index in [1.54, 1.807) is 0 Å². The smallest absolute Gasteiger partial charge is 0.243 e. The van der Waals surface area contributed by atoms with Gasteiger partial charge in [0.1, 0.15) is 22.9 Å². The van der Waals surface area contributed by atoms with Crippen LogP contribution in [-0.2, 0) is 23.1 Å². The second kappa shape index (κ2) is 6.60. The van der Waals surface area contributed by atoms with Gasteiger partial charge in [0.05, 0.1) is 6.61 Å². The quantitative estimate of drug-likeness (QED) is 0.686. The summed E-state index contributed by atoms with van der Waals surface area (Å²) in [6.07, 6.45) is 1.60. The summed E-state index contributed by atoms with van der Waals surface area (Å²) >= 11 is 3.09. The van der Waals surface area contributed by atoms with Crippen LogP contribution in [0.15, 0.2) is 27.8 Å². The van der Waals surface area contributed by atoms with E-state index < -0.39 is 27.3 Å². The number of halogens is 2. The van der Waals surface area contributed by atoms with E-state index >= 15 is 0 Å². The van der Waals surface area contributed by atoms with E-state index in [1.807, 2.05) is 0 Å². The third kappa shape index (κ3) is 3.84. The van der Waals surface area contributed by atoms with Crippen molar-refractivity contribution in [3.05, 3.63) is 40.1 Å². The zero-order valence-electron chi connectivity index (χ0n) is 10.7. The van der Waals surface area contributed by atoms with Crippen molar-refractivity contribution in [2.75, 3.05) is 6.54 Å². The lowest BCUT2D eigenvalue weighted by atomic mass is 10.2. The number of rotatable bonds is 6. The van der Waals surface area contributed by atoms with E-state index in [9.17, 15) is 12.8 Å². The molecule has 0 aliphatic carbocycles. The molecule has 3 N–H and O–H groups in total. The fourth-order valence-corrected chi connectivity index (χ4v) is 3.49.